The van der Waals surface area contributed by atoms with Gasteiger partial charge in [-0.2, -0.15) is 0 Å². The van der Waals surface area contributed by atoms with Crippen LogP contribution in [0.3, 0.4) is 0 Å². The minimum atomic E-state index is -3.30. The van der Waals surface area contributed by atoms with Crippen molar-refractivity contribution < 1.29 is 22.7 Å². The standard InChI is InChI=1S/C20H24N2O5S/c1-5-27-20(24)15-6-8-16(9-7-15)22-19(23)12-21-17-10-11-18(28(4,25)26)14(3)13(17)2/h6-11,21H,5,12H2,1-4H3,(H,22,23). The lowest BCUT2D eigenvalue weighted by Gasteiger charge is -2.14. The van der Waals surface area contributed by atoms with E-state index in [1.54, 1.807) is 51.1 Å². The number of ether oxygens (including phenoxy) is 1. The quantitative estimate of drug-likeness (QED) is 0.688. The Balaban J connectivity index is 1.99. The first kappa shape index (κ1) is 21.4. The molecule has 150 valence electrons. The van der Waals surface area contributed by atoms with Gasteiger partial charge in [0.25, 0.3) is 0 Å². The van der Waals surface area contributed by atoms with Crippen LogP contribution in [0.25, 0.3) is 0 Å². The van der Waals surface area contributed by atoms with Gasteiger partial charge in [0.05, 0.1) is 23.6 Å². The molecule has 0 radical (unpaired) electrons. The summed E-state index contributed by atoms with van der Waals surface area (Å²) in [7, 11) is -3.30. The number of amides is 1. The van der Waals surface area contributed by atoms with E-state index in [0.717, 1.165) is 5.56 Å². The molecule has 1 amide bonds. The van der Waals surface area contributed by atoms with Gasteiger partial charge >= 0.3 is 5.97 Å². The zero-order chi connectivity index (χ0) is 20.9. The van der Waals surface area contributed by atoms with Crippen molar-refractivity contribution in [1.29, 1.82) is 0 Å². The van der Waals surface area contributed by atoms with E-state index >= 15 is 0 Å². The Bertz CT molecular complexity index is 982. The summed E-state index contributed by atoms with van der Waals surface area (Å²) in [6.07, 6.45) is 1.17. The second-order valence-corrected chi connectivity index (χ2v) is 8.32. The average molecular weight is 404 g/mol. The molecule has 8 heteroatoms. The maximum absolute atomic E-state index is 12.2. The lowest BCUT2D eigenvalue weighted by Crippen LogP contribution is -2.22. The molecule has 2 rings (SSSR count). The van der Waals surface area contributed by atoms with Gasteiger partial charge in [0.1, 0.15) is 0 Å². The summed E-state index contributed by atoms with van der Waals surface area (Å²) in [5.41, 5.74) is 3.09. The van der Waals surface area contributed by atoms with Crippen molar-refractivity contribution in [2.75, 3.05) is 30.0 Å². The number of benzene rings is 2. The number of carbonyl (C=O) groups excluding carboxylic acids is 2. The van der Waals surface area contributed by atoms with E-state index in [1.165, 1.54) is 12.3 Å². The van der Waals surface area contributed by atoms with Crippen molar-refractivity contribution in [1.82, 2.24) is 0 Å². The van der Waals surface area contributed by atoms with E-state index in [0.29, 0.717) is 29.1 Å². The molecule has 2 N–H and O–H groups in total. The van der Waals surface area contributed by atoms with Crippen molar-refractivity contribution >= 4 is 33.1 Å². The van der Waals surface area contributed by atoms with Crippen LogP contribution in [0.4, 0.5) is 11.4 Å². The molecule has 0 unspecified atom stereocenters. The molecule has 2 aromatic rings. The molecule has 0 saturated heterocycles. The van der Waals surface area contributed by atoms with Crippen LogP contribution in [0, 0.1) is 13.8 Å². The largest absolute Gasteiger partial charge is 0.462 e. The van der Waals surface area contributed by atoms with Gasteiger partial charge in [0.2, 0.25) is 5.91 Å². The van der Waals surface area contributed by atoms with Gasteiger partial charge in [-0.1, -0.05) is 0 Å². The third-order valence-electron chi connectivity index (χ3n) is 4.26. The van der Waals surface area contributed by atoms with Crippen LogP contribution < -0.4 is 10.6 Å². The maximum Gasteiger partial charge on any atom is 0.338 e. The van der Waals surface area contributed by atoms with E-state index in [2.05, 4.69) is 10.6 Å². The van der Waals surface area contributed by atoms with Crippen LogP contribution in [0.5, 0.6) is 0 Å². The van der Waals surface area contributed by atoms with Crippen molar-refractivity contribution in [3.8, 4) is 0 Å². The van der Waals surface area contributed by atoms with Crippen molar-refractivity contribution in [3.63, 3.8) is 0 Å². The summed E-state index contributed by atoms with van der Waals surface area (Å²) < 4.78 is 28.5. The molecular formula is C20H24N2O5S. The Labute approximate surface area is 165 Å². The van der Waals surface area contributed by atoms with Gasteiger partial charge in [-0.25, -0.2) is 13.2 Å². The number of sulfone groups is 1. The second-order valence-electron chi connectivity index (χ2n) is 6.33. The number of hydrogen-bond acceptors (Lipinski definition) is 6. The summed E-state index contributed by atoms with van der Waals surface area (Å²) in [4.78, 5) is 24.1. The van der Waals surface area contributed by atoms with Crippen LogP contribution in [-0.4, -0.2) is 39.7 Å². The third kappa shape index (κ3) is 5.32. The minimum Gasteiger partial charge on any atom is -0.462 e. The van der Waals surface area contributed by atoms with Gasteiger partial charge in [-0.15, -0.1) is 0 Å². The van der Waals surface area contributed by atoms with Gasteiger partial charge in [0, 0.05) is 17.6 Å². The van der Waals surface area contributed by atoms with Crippen LogP contribution in [-0.2, 0) is 19.4 Å². The van der Waals surface area contributed by atoms with E-state index in [4.69, 9.17) is 4.74 Å². The zero-order valence-corrected chi connectivity index (χ0v) is 17.1. The Hall–Kier alpha value is -2.87. The highest BCUT2D eigenvalue weighted by Gasteiger charge is 2.15. The number of esters is 1. The SMILES string of the molecule is CCOC(=O)c1ccc(NC(=O)CNc2ccc(S(C)(=O)=O)c(C)c2C)cc1. The number of carbonyl (C=O) groups is 2. The van der Waals surface area contributed by atoms with Gasteiger partial charge < -0.3 is 15.4 Å². The molecular weight excluding hydrogens is 380 g/mol. The first-order valence-corrected chi connectivity index (χ1v) is 10.6. The highest BCUT2D eigenvalue weighted by molar-refractivity contribution is 7.90. The van der Waals surface area contributed by atoms with Gasteiger partial charge in [0.15, 0.2) is 9.84 Å². The molecule has 0 fully saturated rings. The minimum absolute atomic E-state index is 0.0120. The first-order valence-electron chi connectivity index (χ1n) is 8.74. The number of hydrogen-bond donors (Lipinski definition) is 2. The molecule has 0 aromatic heterocycles. The number of rotatable bonds is 7. The highest BCUT2D eigenvalue weighted by atomic mass is 32.2. The monoisotopic (exact) mass is 404 g/mol. The molecule has 0 aliphatic heterocycles. The van der Waals surface area contributed by atoms with Crippen molar-refractivity contribution in [3.05, 3.63) is 53.1 Å². The molecule has 0 heterocycles. The van der Waals surface area contributed by atoms with E-state index in [1.807, 2.05) is 0 Å². The smallest absolute Gasteiger partial charge is 0.338 e. The molecule has 28 heavy (non-hydrogen) atoms. The lowest BCUT2D eigenvalue weighted by molar-refractivity contribution is -0.114. The molecule has 2 aromatic carbocycles. The molecule has 7 nitrogen and oxygen atoms in total. The van der Waals surface area contributed by atoms with Gasteiger partial charge in [-0.3, -0.25) is 4.79 Å². The number of anilines is 2. The molecule has 0 bridgehead atoms. The Morgan fingerprint density at radius 3 is 2.21 bits per heavy atom. The fourth-order valence-corrected chi connectivity index (χ4v) is 3.70. The second kappa shape index (κ2) is 8.88. The van der Waals surface area contributed by atoms with Crippen molar-refractivity contribution in [2.24, 2.45) is 0 Å². The zero-order valence-electron chi connectivity index (χ0n) is 16.3. The third-order valence-corrected chi connectivity index (χ3v) is 5.50. The molecule has 0 saturated carbocycles. The fraction of sp³-hybridized carbons (Fsp3) is 0.300. The fourth-order valence-electron chi connectivity index (χ4n) is 2.67. The van der Waals surface area contributed by atoms with E-state index < -0.39 is 15.8 Å². The molecule has 0 spiro atoms. The average Bonchev–Trinajstić information content (AvgIpc) is 2.62. The summed E-state index contributed by atoms with van der Waals surface area (Å²) in [6, 6.07) is 9.60. The lowest BCUT2D eigenvalue weighted by atomic mass is 10.1. The van der Waals surface area contributed by atoms with Crippen LogP contribution >= 0.6 is 0 Å². The summed E-state index contributed by atoms with van der Waals surface area (Å²) >= 11 is 0. The Morgan fingerprint density at radius 2 is 1.64 bits per heavy atom. The molecule has 0 atom stereocenters. The summed E-state index contributed by atoms with van der Waals surface area (Å²) in [5, 5.41) is 5.75. The van der Waals surface area contributed by atoms with Crippen molar-refractivity contribution in [2.45, 2.75) is 25.7 Å². The predicted octanol–water partition coefficient (Wildman–Crippen LogP) is 2.93. The molecule has 0 aliphatic carbocycles. The first-order chi connectivity index (χ1) is 13.1. The maximum atomic E-state index is 12.2. The number of nitrogens with one attached hydrogen (secondary N) is 2. The normalized spacial score (nSPS) is 11.0. The van der Waals surface area contributed by atoms with Crippen LogP contribution in [0.2, 0.25) is 0 Å². The summed E-state index contributed by atoms with van der Waals surface area (Å²) in [5.74, 6) is -0.682. The predicted molar refractivity (Wildman–Crippen MR) is 109 cm³/mol. The van der Waals surface area contributed by atoms with E-state index in [9.17, 15) is 18.0 Å². The van der Waals surface area contributed by atoms with Crippen LogP contribution in [0.1, 0.15) is 28.4 Å². The van der Waals surface area contributed by atoms with Crippen LogP contribution in [0.15, 0.2) is 41.3 Å². The van der Waals surface area contributed by atoms with Gasteiger partial charge in [-0.05, 0) is 68.3 Å². The Morgan fingerprint density at radius 1 is 1.00 bits per heavy atom. The summed E-state index contributed by atoms with van der Waals surface area (Å²) in [6.45, 7) is 5.59. The molecule has 0 aliphatic rings. The van der Waals surface area contributed by atoms with E-state index in [-0.39, 0.29) is 17.3 Å². The topological polar surface area (TPSA) is 102 Å². The highest BCUT2D eigenvalue weighted by Crippen LogP contribution is 2.25. The Kier molecular flexibility index (Phi) is 6.80.